The van der Waals surface area contributed by atoms with Crippen molar-refractivity contribution in [3.05, 3.63) is 52.3 Å². The van der Waals surface area contributed by atoms with Gasteiger partial charge in [-0.1, -0.05) is 6.07 Å². The van der Waals surface area contributed by atoms with Crippen molar-refractivity contribution in [3.8, 4) is 5.69 Å². The van der Waals surface area contributed by atoms with Crippen LogP contribution in [0.2, 0.25) is 0 Å². The van der Waals surface area contributed by atoms with E-state index in [-0.39, 0.29) is 5.43 Å². The third kappa shape index (κ3) is 1.71. The van der Waals surface area contributed by atoms with Gasteiger partial charge in [0.25, 0.3) is 11.1 Å². The van der Waals surface area contributed by atoms with Crippen LogP contribution in [0.3, 0.4) is 0 Å². The van der Waals surface area contributed by atoms with Gasteiger partial charge in [0.05, 0.1) is 0 Å². The molecule has 0 saturated carbocycles. The molecule has 0 aromatic carbocycles. The van der Waals surface area contributed by atoms with Crippen LogP contribution in [0.15, 0.2) is 51.0 Å². The maximum absolute atomic E-state index is 11.6. The molecule has 0 aliphatic carbocycles. The average molecular weight is 222 g/mol. The summed E-state index contributed by atoms with van der Waals surface area (Å²) in [4.78, 5) is 11.6. The molecule has 0 atom stereocenters. The topological polar surface area (TPSA) is 20.9 Å². The summed E-state index contributed by atoms with van der Waals surface area (Å²) >= 11 is 5.72. The van der Waals surface area contributed by atoms with E-state index in [1.807, 2.05) is 30.6 Å². The second kappa shape index (κ2) is 3.94. The normalized spacial score (nSPS) is 10.1. The van der Waals surface area contributed by atoms with Crippen molar-refractivity contribution in [3.63, 3.8) is 0 Å². The Kier molecular flexibility index (Phi) is 2.65. The van der Waals surface area contributed by atoms with Crippen LogP contribution in [-0.4, -0.2) is 0 Å². The number of pyridine rings is 1. The Morgan fingerprint density at radius 2 is 1.93 bits per heavy atom. The van der Waals surface area contributed by atoms with E-state index in [9.17, 15) is 4.79 Å². The zero-order chi connectivity index (χ0) is 9.97. The molecule has 14 heavy (non-hydrogen) atoms. The maximum Gasteiger partial charge on any atom is 0.281 e. The highest BCUT2D eigenvalue weighted by atomic mass is 32.2. The molecule has 4 heteroatoms. The van der Waals surface area contributed by atoms with E-state index < -0.39 is 0 Å². The van der Waals surface area contributed by atoms with Gasteiger partial charge in [0, 0.05) is 18.2 Å². The van der Waals surface area contributed by atoms with Crippen molar-refractivity contribution in [1.29, 1.82) is 0 Å². The van der Waals surface area contributed by atoms with E-state index in [0.717, 1.165) is 4.21 Å². The van der Waals surface area contributed by atoms with Gasteiger partial charge in [0.2, 0.25) is 0 Å². The summed E-state index contributed by atoms with van der Waals surface area (Å²) in [7, 11) is 0. The number of aromatic nitrogens is 1. The molecule has 2 aromatic rings. The third-order valence-corrected chi connectivity index (χ3v) is 3.03. The summed E-state index contributed by atoms with van der Waals surface area (Å²) in [5.74, 6) is 0. The summed E-state index contributed by atoms with van der Waals surface area (Å²) < 4.78 is 2.51. The number of hydrogen-bond donors (Lipinski definition) is 1. The van der Waals surface area contributed by atoms with Crippen LogP contribution in [0.5, 0.6) is 0 Å². The van der Waals surface area contributed by atoms with Gasteiger partial charge in [-0.25, -0.2) is 0 Å². The number of rotatable bonds is 1. The Labute approximate surface area is 90.9 Å². The second-order valence-corrected chi connectivity index (χ2v) is 4.39. The lowest BCUT2D eigenvalue weighted by Gasteiger charge is -1.95. The molecule has 2 nitrogen and oxygen atoms in total. The SMILES string of the molecule is O=c1ccsc(S)c1-[n+]1ccccc1. The molecule has 0 saturated heterocycles. The lowest BCUT2D eigenvalue weighted by atomic mass is 10.4. The van der Waals surface area contributed by atoms with E-state index in [1.165, 1.54) is 11.3 Å². The fraction of sp³-hybridized carbons (Fsp3) is 0. The largest absolute Gasteiger partial charge is 0.282 e. The predicted octanol–water partition coefficient (Wildman–Crippen LogP) is 1.67. The monoisotopic (exact) mass is 222 g/mol. The number of hydrogen-bond acceptors (Lipinski definition) is 3. The lowest BCUT2D eigenvalue weighted by molar-refractivity contribution is -0.598. The van der Waals surface area contributed by atoms with Gasteiger partial charge < -0.3 is 0 Å². The molecule has 0 aliphatic heterocycles. The van der Waals surface area contributed by atoms with Crippen molar-refractivity contribution < 1.29 is 4.57 Å². The minimum atomic E-state index is -0.00931. The Bertz CT molecular complexity index is 493. The number of nitrogens with zero attached hydrogens (tertiary/aromatic N) is 1. The Morgan fingerprint density at radius 1 is 1.21 bits per heavy atom. The van der Waals surface area contributed by atoms with Crippen LogP contribution in [0.25, 0.3) is 5.69 Å². The van der Waals surface area contributed by atoms with Gasteiger partial charge in [-0.2, -0.15) is 4.57 Å². The molecule has 2 heterocycles. The average Bonchev–Trinajstić information content (AvgIpc) is 2.19. The first-order chi connectivity index (χ1) is 6.79. The quantitative estimate of drug-likeness (QED) is 0.575. The minimum absolute atomic E-state index is 0.00931. The van der Waals surface area contributed by atoms with Crippen molar-refractivity contribution in [2.75, 3.05) is 0 Å². The highest BCUT2D eigenvalue weighted by Crippen LogP contribution is 2.14. The molecule has 0 bridgehead atoms. The van der Waals surface area contributed by atoms with Gasteiger partial charge in [-0.15, -0.1) is 24.0 Å². The van der Waals surface area contributed by atoms with Crippen molar-refractivity contribution >= 4 is 24.0 Å². The van der Waals surface area contributed by atoms with Crippen molar-refractivity contribution in [1.82, 2.24) is 0 Å². The molecule has 0 spiro atoms. The molecular weight excluding hydrogens is 214 g/mol. The van der Waals surface area contributed by atoms with Gasteiger partial charge in [0.1, 0.15) is 4.21 Å². The molecule has 70 valence electrons. The molecule has 0 unspecified atom stereocenters. The van der Waals surface area contributed by atoms with Crippen LogP contribution >= 0.6 is 24.0 Å². The maximum atomic E-state index is 11.6. The summed E-state index contributed by atoms with van der Waals surface area (Å²) in [5.41, 5.74) is 0.603. The molecular formula is C10H8NOS2+. The van der Waals surface area contributed by atoms with Crippen LogP contribution in [-0.2, 0) is 0 Å². The first-order valence-corrected chi connectivity index (χ1v) is 5.39. The Hall–Kier alpha value is -1.13. The molecule has 0 N–H and O–H groups in total. The molecule has 2 rings (SSSR count). The molecule has 2 aromatic heterocycles. The fourth-order valence-corrected chi connectivity index (χ4v) is 2.23. The van der Waals surface area contributed by atoms with Gasteiger partial charge >= 0.3 is 0 Å². The summed E-state index contributed by atoms with van der Waals surface area (Å²) in [6.45, 7) is 0. The van der Waals surface area contributed by atoms with Gasteiger partial charge in [0.15, 0.2) is 12.4 Å². The Balaban J connectivity index is 2.69. The first kappa shape index (κ1) is 9.43. The fourth-order valence-electron chi connectivity index (χ4n) is 1.19. The smallest absolute Gasteiger partial charge is 0.281 e. The molecule has 0 aliphatic rings. The van der Waals surface area contributed by atoms with E-state index in [2.05, 4.69) is 12.6 Å². The van der Waals surface area contributed by atoms with E-state index in [0.29, 0.717) is 5.69 Å². The van der Waals surface area contributed by atoms with Crippen LogP contribution in [0.4, 0.5) is 0 Å². The molecule has 0 amide bonds. The Morgan fingerprint density at radius 3 is 2.57 bits per heavy atom. The van der Waals surface area contributed by atoms with E-state index in [1.54, 1.807) is 16.0 Å². The predicted molar refractivity (Wildman–Crippen MR) is 59.4 cm³/mol. The van der Waals surface area contributed by atoms with Crippen molar-refractivity contribution in [2.45, 2.75) is 4.21 Å². The van der Waals surface area contributed by atoms with E-state index in [4.69, 9.17) is 0 Å². The van der Waals surface area contributed by atoms with Crippen LogP contribution in [0, 0.1) is 0 Å². The number of thiol groups is 1. The highest BCUT2D eigenvalue weighted by molar-refractivity contribution is 7.83. The molecule has 0 fully saturated rings. The second-order valence-electron chi connectivity index (χ2n) is 2.72. The molecule has 0 radical (unpaired) electrons. The minimum Gasteiger partial charge on any atom is -0.282 e. The van der Waals surface area contributed by atoms with Gasteiger partial charge in [-0.05, 0) is 5.38 Å². The summed E-state index contributed by atoms with van der Waals surface area (Å²) in [5, 5.41) is 1.75. The summed E-state index contributed by atoms with van der Waals surface area (Å²) in [6, 6.07) is 7.22. The van der Waals surface area contributed by atoms with Crippen LogP contribution < -0.4 is 10.00 Å². The third-order valence-electron chi connectivity index (χ3n) is 1.81. The van der Waals surface area contributed by atoms with Gasteiger partial charge in [-0.3, -0.25) is 4.79 Å². The van der Waals surface area contributed by atoms with E-state index >= 15 is 0 Å². The zero-order valence-corrected chi connectivity index (χ0v) is 8.96. The summed E-state index contributed by atoms with van der Waals surface area (Å²) in [6.07, 6.45) is 3.67. The first-order valence-electron chi connectivity index (χ1n) is 4.06. The van der Waals surface area contributed by atoms with Crippen molar-refractivity contribution in [2.24, 2.45) is 0 Å². The standard InChI is InChI=1S/C10H7NOS2/c12-8-4-7-14-10(13)9(8)11-5-2-1-3-6-11/h1-7H/p+1. The highest BCUT2D eigenvalue weighted by Gasteiger charge is 2.13. The zero-order valence-electron chi connectivity index (χ0n) is 7.25. The lowest BCUT2D eigenvalue weighted by Crippen LogP contribution is -2.35. The van der Waals surface area contributed by atoms with Crippen LogP contribution in [0.1, 0.15) is 0 Å².